The number of anilines is 1. The van der Waals surface area contributed by atoms with Crippen LogP contribution in [0.25, 0.3) is 0 Å². The Kier molecular flexibility index (Phi) is 3.63. The zero-order chi connectivity index (χ0) is 15.7. The van der Waals surface area contributed by atoms with E-state index in [1.54, 1.807) is 6.07 Å². The predicted octanol–water partition coefficient (Wildman–Crippen LogP) is 3.00. The number of ether oxygens (including phenoxy) is 2. The van der Waals surface area contributed by atoms with Crippen molar-refractivity contribution in [1.82, 2.24) is 0 Å². The fourth-order valence-corrected chi connectivity index (χ4v) is 2.49. The Labute approximate surface area is 129 Å². The SMILES string of the molecule is Cc1ccc(NC(C)c2ccc3c(c2)OCO3)cc1C(N)=O. The highest BCUT2D eigenvalue weighted by Crippen LogP contribution is 2.34. The number of benzene rings is 2. The first-order valence-electron chi connectivity index (χ1n) is 7.11. The molecule has 114 valence electrons. The molecule has 0 radical (unpaired) electrons. The molecule has 0 saturated carbocycles. The van der Waals surface area contributed by atoms with E-state index in [9.17, 15) is 4.79 Å². The molecular weight excluding hydrogens is 280 g/mol. The Morgan fingerprint density at radius 1 is 1.18 bits per heavy atom. The maximum absolute atomic E-state index is 11.4. The van der Waals surface area contributed by atoms with Crippen LogP contribution in [0.1, 0.15) is 34.5 Å². The molecule has 3 rings (SSSR count). The quantitative estimate of drug-likeness (QED) is 0.910. The van der Waals surface area contributed by atoms with Gasteiger partial charge in [0.05, 0.1) is 0 Å². The van der Waals surface area contributed by atoms with Crippen LogP contribution in [-0.2, 0) is 0 Å². The number of aryl methyl sites for hydroxylation is 1. The minimum atomic E-state index is -0.420. The van der Waals surface area contributed by atoms with Gasteiger partial charge in [0.15, 0.2) is 11.5 Å². The zero-order valence-corrected chi connectivity index (χ0v) is 12.6. The number of carbonyl (C=O) groups is 1. The molecule has 0 saturated heterocycles. The summed E-state index contributed by atoms with van der Waals surface area (Å²) < 4.78 is 10.7. The van der Waals surface area contributed by atoms with Crippen molar-refractivity contribution in [3.8, 4) is 11.5 Å². The van der Waals surface area contributed by atoms with Gasteiger partial charge in [-0.2, -0.15) is 0 Å². The van der Waals surface area contributed by atoms with Crippen LogP contribution in [0.2, 0.25) is 0 Å². The molecule has 0 bridgehead atoms. The van der Waals surface area contributed by atoms with Crippen LogP contribution in [0.3, 0.4) is 0 Å². The van der Waals surface area contributed by atoms with Crippen LogP contribution in [0.15, 0.2) is 36.4 Å². The summed E-state index contributed by atoms with van der Waals surface area (Å²) in [4.78, 5) is 11.4. The van der Waals surface area contributed by atoms with Gasteiger partial charge in [0.2, 0.25) is 12.7 Å². The van der Waals surface area contributed by atoms with Crippen molar-refractivity contribution in [2.45, 2.75) is 19.9 Å². The van der Waals surface area contributed by atoms with Crippen molar-refractivity contribution in [2.75, 3.05) is 12.1 Å². The van der Waals surface area contributed by atoms with Crippen LogP contribution in [-0.4, -0.2) is 12.7 Å². The second-order valence-electron chi connectivity index (χ2n) is 5.37. The maximum Gasteiger partial charge on any atom is 0.249 e. The first-order chi connectivity index (χ1) is 10.5. The highest BCUT2D eigenvalue weighted by Gasteiger charge is 2.16. The molecule has 1 unspecified atom stereocenters. The van der Waals surface area contributed by atoms with Crippen molar-refractivity contribution in [3.05, 3.63) is 53.1 Å². The van der Waals surface area contributed by atoms with Crippen molar-refractivity contribution in [2.24, 2.45) is 5.73 Å². The Morgan fingerprint density at radius 3 is 2.73 bits per heavy atom. The molecule has 0 spiro atoms. The van der Waals surface area contributed by atoms with Gasteiger partial charge < -0.3 is 20.5 Å². The van der Waals surface area contributed by atoms with Crippen molar-refractivity contribution in [1.29, 1.82) is 0 Å². The van der Waals surface area contributed by atoms with E-state index in [0.717, 1.165) is 28.3 Å². The van der Waals surface area contributed by atoms with E-state index in [0.29, 0.717) is 5.56 Å². The summed E-state index contributed by atoms with van der Waals surface area (Å²) in [5, 5.41) is 3.37. The molecule has 1 aliphatic rings. The number of carbonyl (C=O) groups excluding carboxylic acids is 1. The average molecular weight is 298 g/mol. The third kappa shape index (κ3) is 2.70. The minimum absolute atomic E-state index is 0.0536. The number of primary amides is 1. The Hall–Kier alpha value is -2.69. The molecule has 5 nitrogen and oxygen atoms in total. The Bertz CT molecular complexity index is 728. The molecule has 0 aromatic heterocycles. The van der Waals surface area contributed by atoms with Gasteiger partial charge in [-0.3, -0.25) is 4.79 Å². The van der Waals surface area contributed by atoms with Gasteiger partial charge in [0, 0.05) is 17.3 Å². The smallest absolute Gasteiger partial charge is 0.249 e. The summed E-state index contributed by atoms with van der Waals surface area (Å²) in [5.74, 6) is 1.10. The van der Waals surface area contributed by atoms with Crippen molar-refractivity contribution >= 4 is 11.6 Å². The number of hydrogen-bond donors (Lipinski definition) is 2. The lowest BCUT2D eigenvalue weighted by atomic mass is 10.0. The molecule has 3 N–H and O–H groups in total. The van der Waals surface area contributed by atoms with Crippen molar-refractivity contribution < 1.29 is 14.3 Å². The van der Waals surface area contributed by atoms with E-state index in [2.05, 4.69) is 5.32 Å². The van der Waals surface area contributed by atoms with Crippen LogP contribution in [0, 0.1) is 6.92 Å². The number of rotatable bonds is 4. The number of nitrogens with two attached hydrogens (primary N) is 1. The fourth-order valence-electron chi connectivity index (χ4n) is 2.49. The van der Waals surface area contributed by atoms with E-state index in [4.69, 9.17) is 15.2 Å². The summed E-state index contributed by atoms with van der Waals surface area (Å²) in [5.41, 5.74) is 8.72. The van der Waals surface area contributed by atoms with Gasteiger partial charge in [-0.25, -0.2) is 0 Å². The number of amides is 1. The highest BCUT2D eigenvalue weighted by atomic mass is 16.7. The van der Waals surface area contributed by atoms with Gasteiger partial charge in [-0.1, -0.05) is 12.1 Å². The van der Waals surface area contributed by atoms with E-state index in [-0.39, 0.29) is 12.8 Å². The molecule has 5 heteroatoms. The van der Waals surface area contributed by atoms with Crippen molar-refractivity contribution in [3.63, 3.8) is 0 Å². The van der Waals surface area contributed by atoms with E-state index >= 15 is 0 Å². The summed E-state index contributed by atoms with van der Waals surface area (Å²) in [6.07, 6.45) is 0. The first-order valence-corrected chi connectivity index (χ1v) is 7.11. The third-order valence-corrected chi connectivity index (χ3v) is 3.78. The molecule has 1 heterocycles. The molecule has 2 aromatic rings. The van der Waals surface area contributed by atoms with E-state index in [1.165, 1.54) is 0 Å². The Morgan fingerprint density at radius 2 is 1.95 bits per heavy atom. The summed E-state index contributed by atoms with van der Waals surface area (Å²) in [6, 6.07) is 11.5. The lowest BCUT2D eigenvalue weighted by Crippen LogP contribution is -2.14. The zero-order valence-electron chi connectivity index (χ0n) is 12.6. The van der Waals surface area contributed by atoms with Gasteiger partial charge in [-0.15, -0.1) is 0 Å². The largest absolute Gasteiger partial charge is 0.454 e. The molecule has 1 atom stereocenters. The summed E-state index contributed by atoms with van der Waals surface area (Å²) in [6.45, 7) is 4.17. The minimum Gasteiger partial charge on any atom is -0.454 e. The van der Waals surface area contributed by atoms with Gasteiger partial charge >= 0.3 is 0 Å². The third-order valence-electron chi connectivity index (χ3n) is 3.78. The molecule has 2 aromatic carbocycles. The predicted molar refractivity (Wildman–Crippen MR) is 84.3 cm³/mol. The van der Waals surface area contributed by atoms with Crippen LogP contribution < -0.4 is 20.5 Å². The van der Waals surface area contributed by atoms with Crippen LogP contribution in [0.4, 0.5) is 5.69 Å². The Balaban J connectivity index is 1.81. The summed E-state index contributed by atoms with van der Waals surface area (Å²) >= 11 is 0. The monoisotopic (exact) mass is 298 g/mol. The average Bonchev–Trinajstić information content (AvgIpc) is 2.96. The second-order valence-corrected chi connectivity index (χ2v) is 5.37. The van der Waals surface area contributed by atoms with Gasteiger partial charge in [0.1, 0.15) is 0 Å². The second kappa shape index (κ2) is 5.60. The molecule has 22 heavy (non-hydrogen) atoms. The van der Waals surface area contributed by atoms with Crippen LogP contribution in [0.5, 0.6) is 11.5 Å². The molecule has 1 aliphatic heterocycles. The lowest BCUT2D eigenvalue weighted by molar-refractivity contribution is 0.0999. The standard InChI is InChI=1S/C17H18N2O3/c1-10-3-5-13(8-14(10)17(18)20)19-11(2)12-4-6-15-16(7-12)22-9-21-15/h3-8,11,19H,9H2,1-2H3,(H2,18,20). The van der Waals surface area contributed by atoms with Gasteiger partial charge in [0.25, 0.3) is 0 Å². The molecular formula is C17H18N2O3. The number of fused-ring (bicyclic) bond motifs is 1. The van der Waals surface area contributed by atoms with Crippen LogP contribution >= 0.6 is 0 Å². The maximum atomic E-state index is 11.4. The number of hydrogen-bond acceptors (Lipinski definition) is 4. The first kappa shape index (κ1) is 14.3. The lowest BCUT2D eigenvalue weighted by Gasteiger charge is -2.17. The molecule has 1 amide bonds. The summed E-state index contributed by atoms with van der Waals surface area (Å²) in [7, 11) is 0. The van der Waals surface area contributed by atoms with E-state index in [1.807, 2.05) is 44.2 Å². The number of nitrogens with one attached hydrogen (secondary N) is 1. The fraction of sp³-hybridized carbons (Fsp3) is 0.235. The van der Waals surface area contributed by atoms with Gasteiger partial charge in [-0.05, 0) is 49.2 Å². The highest BCUT2D eigenvalue weighted by molar-refractivity contribution is 5.95. The molecule has 0 fully saturated rings. The molecule has 0 aliphatic carbocycles. The van der Waals surface area contributed by atoms with E-state index < -0.39 is 5.91 Å². The topological polar surface area (TPSA) is 73.6 Å². The normalized spacial score (nSPS) is 13.7.